The van der Waals surface area contributed by atoms with Crippen LogP contribution in [0.5, 0.6) is 0 Å². The summed E-state index contributed by atoms with van der Waals surface area (Å²) in [6, 6.07) is 3.89. The Balaban J connectivity index is 1.26. The van der Waals surface area contributed by atoms with Crippen LogP contribution < -0.4 is 11.1 Å². The number of nitrogens with zero attached hydrogens (tertiary/aromatic N) is 6. The summed E-state index contributed by atoms with van der Waals surface area (Å²) in [5.74, 6) is 0. The molecule has 0 spiro atoms. The van der Waals surface area contributed by atoms with Gasteiger partial charge in [0.1, 0.15) is 18.7 Å². The van der Waals surface area contributed by atoms with Crippen molar-refractivity contribution in [2.24, 2.45) is 11.1 Å². The lowest BCUT2D eigenvalue weighted by Crippen LogP contribution is -2.59. The summed E-state index contributed by atoms with van der Waals surface area (Å²) < 4.78 is 9.98. The summed E-state index contributed by atoms with van der Waals surface area (Å²) in [7, 11) is -0.261. The zero-order valence-electron chi connectivity index (χ0n) is 20.4. The van der Waals surface area contributed by atoms with Crippen molar-refractivity contribution in [3.63, 3.8) is 0 Å². The Labute approximate surface area is 203 Å². The maximum Gasteiger partial charge on any atom is 0.145 e. The standard InChI is InChI=1S/C24H37N8OSi/c1-34(2)10-9-33-18-31-6-3-21-22(27-17-28-23(21)31)19-13-29-32(14-19)16-24(15-25)11-20(12-24)30-7-4-26-5-8-30/h3,6,13-14,17,20,26H,4-5,7-12,15-16,18,25H2,1-2H3/q-1. The molecule has 184 valence electrons. The second kappa shape index (κ2) is 10.2. The predicted molar refractivity (Wildman–Crippen MR) is 136 cm³/mol. The molecule has 3 aromatic rings. The molecule has 1 saturated carbocycles. The molecule has 3 aromatic heterocycles. The number of ether oxygens (including phenoxy) is 1. The fourth-order valence-corrected chi connectivity index (χ4v) is 5.85. The lowest BCUT2D eigenvalue weighted by Gasteiger charge is -2.52. The Bertz CT molecular complexity index is 1080. The first-order chi connectivity index (χ1) is 16.6. The van der Waals surface area contributed by atoms with Crippen molar-refractivity contribution >= 4 is 19.8 Å². The molecule has 0 radical (unpaired) electrons. The van der Waals surface area contributed by atoms with Gasteiger partial charge in [0, 0.05) is 74.1 Å². The average Bonchev–Trinajstić information content (AvgIpc) is 3.46. The van der Waals surface area contributed by atoms with Crippen molar-refractivity contribution in [3.8, 4) is 11.3 Å². The monoisotopic (exact) mass is 481 g/mol. The molecule has 9 nitrogen and oxygen atoms in total. The number of aromatic nitrogens is 5. The number of fused-ring (bicyclic) bond motifs is 1. The molecule has 0 atom stereocenters. The van der Waals surface area contributed by atoms with E-state index in [1.807, 2.05) is 12.4 Å². The molecule has 1 aliphatic carbocycles. The van der Waals surface area contributed by atoms with Crippen molar-refractivity contribution in [1.82, 2.24) is 34.5 Å². The Morgan fingerprint density at radius 3 is 2.82 bits per heavy atom. The second-order valence-electron chi connectivity index (χ2n) is 10.2. The number of nitrogens with two attached hydrogens (primary N) is 1. The number of hydrogen-bond donors (Lipinski definition) is 2. The molecule has 2 fully saturated rings. The summed E-state index contributed by atoms with van der Waals surface area (Å²) >= 11 is 0. The van der Waals surface area contributed by atoms with Crippen LogP contribution in [0.15, 0.2) is 31.0 Å². The number of hydrogen-bond acceptors (Lipinski definition) is 7. The van der Waals surface area contributed by atoms with E-state index in [4.69, 9.17) is 10.5 Å². The fourth-order valence-electron chi connectivity index (χ4n) is 5.30. The van der Waals surface area contributed by atoms with Gasteiger partial charge in [0.15, 0.2) is 0 Å². The van der Waals surface area contributed by atoms with Crippen molar-refractivity contribution in [2.75, 3.05) is 39.3 Å². The van der Waals surface area contributed by atoms with Crippen LogP contribution in [0.1, 0.15) is 12.8 Å². The molecule has 0 bridgehead atoms. The number of rotatable bonds is 10. The maximum absolute atomic E-state index is 6.26. The molecule has 10 heteroatoms. The number of nitrogens with one attached hydrogen (secondary N) is 1. The zero-order chi connectivity index (χ0) is 23.5. The SMILES string of the molecule is C[Si-](C)CCOCn1ccc2c(-c3cnn(CC4(CN)CC(N5CCNCC5)C4)c3)ncnc21. The molecule has 0 unspecified atom stereocenters. The minimum Gasteiger partial charge on any atom is -0.364 e. The Kier molecular flexibility index (Phi) is 7.12. The minimum absolute atomic E-state index is 0.137. The maximum atomic E-state index is 6.26. The highest BCUT2D eigenvalue weighted by molar-refractivity contribution is 6.55. The van der Waals surface area contributed by atoms with Gasteiger partial charge in [-0.3, -0.25) is 18.4 Å². The van der Waals surface area contributed by atoms with Crippen molar-refractivity contribution in [3.05, 3.63) is 31.0 Å². The van der Waals surface area contributed by atoms with E-state index in [0.717, 1.165) is 80.5 Å². The predicted octanol–water partition coefficient (Wildman–Crippen LogP) is 2.04. The average molecular weight is 482 g/mol. The molecular formula is C24H37N8OSi-. The molecule has 3 N–H and O–H groups in total. The minimum atomic E-state index is -0.261. The van der Waals surface area contributed by atoms with Crippen molar-refractivity contribution in [2.45, 2.75) is 51.3 Å². The Morgan fingerprint density at radius 1 is 1.24 bits per heavy atom. The zero-order valence-corrected chi connectivity index (χ0v) is 21.4. The van der Waals surface area contributed by atoms with E-state index in [0.29, 0.717) is 19.3 Å². The van der Waals surface area contributed by atoms with Gasteiger partial charge in [-0.2, -0.15) is 24.2 Å². The van der Waals surface area contributed by atoms with E-state index >= 15 is 0 Å². The highest BCUT2D eigenvalue weighted by atomic mass is 28.3. The summed E-state index contributed by atoms with van der Waals surface area (Å²) in [4.78, 5) is 11.7. The summed E-state index contributed by atoms with van der Waals surface area (Å²) in [5.41, 5.74) is 9.23. The third-order valence-corrected chi connectivity index (χ3v) is 8.58. The van der Waals surface area contributed by atoms with Gasteiger partial charge < -0.3 is 20.4 Å². The summed E-state index contributed by atoms with van der Waals surface area (Å²) in [6.45, 7) is 12.0. The first-order valence-electron chi connectivity index (χ1n) is 12.4. The van der Waals surface area contributed by atoms with Crippen LogP contribution in [0.3, 0.4) is 0 Å². The van der Waals surface area contributed by atoms with Crippen LogP contribution in [0.25, 0.3) is 22.3 Å². The largest absolute Gasteiger partial charge is 0.364 e. The quantitative estimate of drug-likeness (QED) is 0.338. The third-order valence-electron chi connectivity index (χ3n) is 7.38. The molecule has 2 aliphatic rings. The van der Waals surface area contributed by atoms with Gasteiger partial charge in [-0.1, -0.05) is 0 Å². The normalized spacial score (nSPS) is 23.6. The first kappa shape index (κ1) is 23.6. The van der Waals surface area contributed by atoms with Crippen LogP contribution in [-0.2, 0) is 18.0 Å². The topological polar surface area (TPSA) is 99.0 Å². The van der Waals surface area contributed by atoms with Gasteiger partial charge in [0.25, 0.3) is 0 Å². The van der Waals surface area contributed by atoms with Crippen molar-refractivity contribution < 1.29 is 4.74 Å². The van der Waals surface area contributed by atoms with E-state index in [9.17, 15) is 0 Å². The molecule has 1 aliphatic heterocycles. The molecule has 34 heavy (non-hydrogen) atoms. The van der Waals surface area contributed by atoms with Crippen LogP contribution in [0.4, 0.5) is 0 Å². The van der Waals surface area contributed by atoms with E-state index in [-0.39, 0.29) is 14.2 Å². The third kappa shape index (κ3) is 4.96. The van der Waals surface area contributed by atoms with Gasteiger partial charge in [0.2, 0.25) is 0 Å². The fraction of sp³-hybridized carbons (Fsp3) is 0.625. The van der Waals surface area contributed by atoms with Crippen LogP contribution in [-0.4, -0.2) is 83.4 Å². The molecule has 1 saturated heterocycles. The molecular weight excluding hydrogens is 444 g/mol. The van der Waals surface area contributed by atoms with Gasteiger partial charge in [-0.25, -0.2) is 9.97 Å². The van der Waals surface area contributed by atoms with Crippen LogP contribution >= 0.6 is 0 Å². The Hall–Kier alpha value is -2.11. The van der Waals surface area contributed by atoms with E-state index < -0.39 is 0 Å². The van der Waals surface area contributed by atoms with Crippen LogP contribution in [0, 0.1) is 5.41 Å². The second-order valence-corrected chi connectivity index (χ2v) is 13.1. The van der Waals surface area contributed by atoms with E-state index in [1.54, 1.807) is 6.33 Å². The smallest absolute Gasteiger partial charge is 0.145 e. The molecule has 0 aromatic carbocycles. The van der Waals surface area contributed by atoms with Crippen molar-refractivity contribution in [1.29, 1.82) is 0 Å². The molecule has 5 rings (SSSR count). The van der Waals surface area contributed by atoms with Gasteiger partial charge in [-0.15, -0.1) is 0 Å². The van der Waals surface area contributed by atoms with Gasteiger partial charge in [0.05, 0.1) is 11.9 Å². The van der Waals surface area contributed by atoms with Gasteiger partial charge in [-0.05, 0) is 25.5 Å². The molecule has 0 amide bonds. The van der Waals surface area contributed by atoms with Crippen LogP contribution in [0.2, 0.25) is 19.1 Å². The Morgan fingerprint density at radius 2 is 2.06 bits per heavy atom. The van der Waals surface area contributed by atoms with Gasteiger partial charge >= 0.3 is 0 Å². The summed E-state index contributed by atoms with van der Waals surface area (Å²) in [5, 5.41) is 9.15. The number of piperazine rings is 1. The van der Waals surface area contributed by atoms with E-state index in [1.165, 1.54) is 0 Å². The molecule has 4 heterocycles. The highest BCUT2D eigenvalue weighted by Gasteiger charge is 2.46. The lowest BCUT2D eigenvalue weighted by atomic mass is 9.64. The first-order valence-corrected chi connectivity index (χ1v) is 15.1. The van der Waals surface area contributed by atoms with E-state index in [2.05, 4.69) is 59.9 Å². The lowest BCUT2D eigenvalue weighted by molar-refractivity contribution is -0.0126. The highest BCUT2D eigenvalue weighted by Crippen LogP contribution is 2.44. The summed E-state index contributed by atoms with van der Waals surface area (Å²) in [6.07, 6.45) is 9.99.